The second-order valence-corrected chi connectivity index (χ2v) is 11.2. The summed E-state index contributed by atoms with van der Waals surface area (Å²) < 4.78 is 70.9. The van der Waals surface area contributed by atoms with E-state index in [2.05, 4.69) is 10.3 Å². The second kappa shape index (κ2) is 10.7. The number of anilines is 1. The molecule has 0 aromatic heterocycles. The van der Waals surface area contributed by atoms with E-state index in [9.17, 15) is 26.4 Å². The van der Waals surface area contributed by atoms with Gasteiger partial charge < -0.3 is 14.5 Å². The summed E-state index contributed by atoms with van der Waals surface area (Å²) in [5, 5.41) is 0. The van der Waals surface area contributed by atoms with Gasteiger partial charge in [-0.2, -0.15) is 13.2 Å². The van der Waals surface area contributed by atoms with Crippen LogP contribution in [0.15, 0.2) is 47.4 Å². The predicted octanol–water partition coefficient (Wildman–Crippen LogP) is 4.05. The van der Waals surface area contributed by atoms with Crippen LogP contribution in [0.3, 0.4) is 0 Å². The molecule has 0 saturated carbocycles. The normalized spacial score (nSPS) is 15.2. The number of carbonyl (C=O) groups is 1. The Morgan fingerprint density at radius 1 is 1.03 bits per heavy atom. The molecule has 0 spiro atoms. The van der Waals surface area contributed by atoms with Crippen LogP contribution < -0.4 is 15.2 Å². The number of amides is 1. The van der Waals surface area contributed by atoms with Gasteiger partial charge in [0.05, 0.1) is 10.5 Å². The van der Waals surface area contributed by atoms with E-state index in [1.807, 2.05) is 0 Å². The maximum atomic E-state index is 13.4. The van der Waals surface area contributed by atoms with Crippen molar-refractivity contribution in [2.45, 2.75) is 50.9 Å². The minimum absolute atomic E-state index is 0.0507. The van der Waals surface area contributed by atoms with Gasteiger partial charge in [0, 0.05) is 38.4 Å². The minimum atomic E-state index is -4.54. The Morgan fingerprint density at radius 3 is 2.25 bits per heavy atom. The maximum Gasteiger partial charge on any atom is 0.416 e. The standard InChI is InChI=1S/C24H31F3N4O4S/c1-17-7-5-6-8-21(17)36(33,34)29-28-16-18-9-10-19(24(25,26)27)15-20(18)30-11-13-31(14-12-30)22(32)35-23(2,3)4/h5-10,15,28-29H,11-14,16H2,1-4H3. The number of ether oxygens (including phenoxy) is 1. The number of rotatable bonds is 6. The molecule has 36 heavy (non-hydrogen) atoms. The van der Waals surface area contributed by atoms with Crippen LogP contribution in [0.1, 0.15) is 37.5 Å². The van der Waals surface area contributed by atoms with Gasteiger partial charge >= 0.3 is 12.3 Å². The molecule has 1 amide bonds. The molecular formula is C24H31F3N4O4S. The highest BCUT2D eigenvalue weighted by Gasteiger charge is 2.33. The first-order chi connectivity index (χ1) is 16.7. The number of hydrazine groups is 1. The molecule has 12 heteroatoms. The molecule has 2 aromatic rings. The number of hydrogen-bond acceptors (Lipinski definition) is 6. The Labute approximate surface area is 209 Å². The summed E-state index contributed by atoms with van der Waals surface area (Å²) in [5.41, 5.74) is 2.52. The van der Waals surface area contributed by atoms with E-state index in [0.717, 1.165) is 12.1 Å². The molecule has 1 aliphatic rings. The summed E-state index contributed by atoms with van der Waals surface area (Å²) in [6.07, 6.45) is -5.01. The van der Waals surface area contributed by atoms with Gasteiger partial charge in [-0.25, -0.2) is 18.6 Å². The van der Waals surface area contributed by atoms with Crippen LogP contribution >= 0.6 is 0 Å². The van der Waals surface area contributed by atoms with Gasteiger partial charge in [0.15, 0.2) is 0 Å². The number of sulfonamides is 1. The number of nitrogens with one attached hydrogen (secondary N) is 2. The van der Waals surface area contributed by atoms with Crippen molar-refractivity contribution in [2.24, 2.45) is 0 Å². The zero-order chi connectivity index (χ0) is 26.7. The van der Waals surface area contributed by atoms with E-state index in [-0.39, 0.29) is 24.5 Å². The molecule has 198 valence electrons. The summed E-state index contributed by atoms with van der Waals surface area (Å²) in [7, 11) is -3.87. The van der Waals surface area contributed by atoms with E-state index >= 15 is 0 Å². The largest absolute Gasteiger partial charge is 0.444 e. The quantitative estimate of drug-likeness (QED) is 0.550. The van der Waals surface area contributed by atoms with Crippen molar-refractivity contribution in [2.75, 3.05) is 31.1 Å². The number of piperazine rings is 1. The lowest BCUT2D eigenvalue weighted by molar-refractivity contribution is -0.137. The SMILES string of the molecule is Cc1ccccc1S(=O)(=O)NNCc1ccc(C(F)(F)F)cc1N1CCN(C(=O)OC(C)(C)C)CC1. The van der Waals surface area contributed by atoms with Gasteiger partial charge in [-0.1, -0.05) is 24.3 Å². The zero-order valence-corrected chi connectivity index (χ0v) is 21.5. The van der Waals surface area contributed by atoms with Crippen LogP contribution in [0, 0.1) is 6.92 Å². The first-order valence-electron chi connectivity index (χ1n) is 11.4. The van der Waals surface area contributed by atoms with Gasteiger partial charge in [-0.3, -0.25) is 0 Å². The molecule has 2 N–H and O–H groups in total. The van der Waals surface area contributed by atoms with Crippen molar-refractivity contribution in [3.63, 3.8) is 0 Å². The van der Waals surface area contributed by atoms with Crippen molar-refractivity contribution in [1.82, 2.24) is 15.2 Å². The third-order valence-electron chi connectivity index (χ3n) is 5.55. The molecule has 2 aromatic carbocycles. The van der Waals surface area contributed by atoms with Crippen molar-refractivity contribution in [3.8, 4) is 0 Å². The van der Waals surface area contributed by atoms with Gasteiger partial charge in [-0.05, 0) is 57.0 Å². The van der Waals surface area contributed by atoms with E-state index < -0.39 is 33.5 Å². The summed E-state index contributed by atoms with van der Waals surface area (Å²) in [4.78, 5) is 18.0. The third-order valence-corrected chi connectivity index (χ3v) is 7.00. The fourth-order valence-electron chi connectivity index (χ4n) is 3.78. The number of alkyl halides is 3. The number of carbonyl (C=O) groups excluding carboxylic acids is 1. The molecule has 0 unspecified atom stereocenters. The van der Waals surface area contributed by atoms with E-state index in [1.165, 1.54) is 17.0 Å². The topological polar surface area (TPSA) is 91.0 Å². The van der Waals surface area contributed by atoms with Gasteiger partial charge in [-0.15, -0.1) is 4.83 Å². The van der Waals surface area contributed by atoms with Crippen molar-refractivity contribution >= 4 is 21.8 Å². The Bertz CT molecular complexity index is 1190. The number of benzene rings is 2. The Kier molecular flexibility index (Phi) is 8.21. The highest BCUT2D eigenvalue weighted by Crippen LogP contribution is 2.34. The van der Waals surface area contributed by atoms with Crippen molar-refractivity contribution < 1.29 is 31.1 Å². The Morgan fingerprint density at radius 2 is 1.67 bits per heavy atom. The van der Waals surface area contributed by atoms with Gasteiger partial charge in [0.25, 0.3) is 10.0 Å². The molecule has 0 atom stereocenters. The monoisotopic (exact) mass is 528 g/mol. The molecule has 1 aliphatic heterocycles. The van der Waals surface area contributed by atoms with Crippen LogP contribution in [0.25, 0.3) is 0 Å². The summed E-state index contributed by atoms with van der Waals surface area (Å²) in [5.74, 6) is 0. The van der Waals surface area contributed by atoms with E-state index in [0.29, 0.717) is 29.9 Å². The molecule has 1 saturated heterocycles. The van der Waals surface area contributed by atoms with Crippen LogP contribution in [0.2, 0.25) is 0 Å². The molecule has 0 aliphatic carbocycles. The number of aryl methyl sites for hydroxylation is 1. The summed E-state index contributed by atoms with van der Waals surface area (Å²) in [6.45, 7) is 8.04. The van der Waals surface area contributed by atoms with Crippen LogP contribution in [0.5, 0.6) is 0 Å². The lowest BCUT2D eigenvalue weighted by Gasteiger charge is -2.37. The molecule has 0 bridgehead atoms. The summed E-state index contributed by atoms with van der Waals surface area (Å²) in [6, 6.07) is 9.80. The lowest BCUT2D eigenvalue weighted by Crippen LogP contribution is -2.50. The average molecular weight is 529 g/mol. The first-order valence-corrected chi connectivity index (χ1v) is 12.9. The maximum absolute atomic E-state index is 13.4. The van der Waals surface area contributed by atoms with Crippen LogP contribution in [0.4, 0.5) is 23.7 Å². The molecular weight excluding hydrogens is 497 g/mol. The highest BCUT2D eigenvalue weighted by molar-refractivity contribution is 7.89. The van der Waals surface area contributed by atoms with E-state index in [4.69, 9.17) is 4.74 Å². The fourth-order valence-corrected chi connectivity index (χ4v) is 4.90. The first kappa shape index (κ1) is 27.8. The number of hydrogen-bond donors (Lipinski definition) is 2. The number of nitrogens with zero attached hydrogens (tertiary/aromatic N) is 2. The van der Waals surface area contributed by atoms with Gasteiger partial charge in [0.1, 0.15) is 5.60 Å². The minimum Gasteiger partial charge on any atom is -0.444 e. The van der Waals surface area contributed by atoms with E-state index in [1.54, 1.807) is 50.8 Å². The van der Waals surface area contributed by atoms with Crippen molar-refractivity contribution in [3.05, 3.63) is 59.2 Å². The number of halogens is 3. The second-order valence-electron chi connectivity index (χ2n) is 9.52. The van der Waals surface area contributed by atoms with Gasteiger partial charge in [0.2, 0.25) is 0 Å². The lowest BCUT2D eigenvalue weighted by atomic mass is 10.1. The zero-order valence-electron chi connectivity index (χ0n) is 20.6. The summed E-state index contributed by atoms with van der Waals surface area (Å²) >= 11 is 0. The van der Waals surface area contributed by atoms with Crippen LogP contribution in [-0.4, -0.2) is 51.2 Å². The Hall–Kier alpha value is -2.83. The predicted molar refractivity (Wildman–Crippen MR) is 130 cm³/mol. The Balaban J connectivity index is 1.75. The molecule has 1 heterocycles. The average Bonchev–Trinajstić information content (AvgIpc) is 2.77. The van der Waals surface area contributed by atoms with Crippen LogP contribution in [-0.2, 0) is 27.5 Å². The molecule has 8 nitrogen and oxygen atoms in total. The molecule has 1 fully saturated rings. The molecule has 0 radical (unpaired) electrons. The fraction of sp³-hybridized carbons (Fsp3) is 0.458. The van der Waals surface area contributed by atoms with Crippen molar-refractivity contribution in [1.29, 1.82) is 0 Å². The highest BCUT2D eigenvalue weighted by atomic mass is 32.2. The third kappa shape index (κ3) is 7.11. The molecule has 3 rings (SSSR count). The smallest absolute Gasteiger partial charge is 0.416 e.